The summed E-state index contributed by atoms with van der Waals surface area (Å²) in [6.45, 7) is 2.69. The van der Waals surface area contributed by atoms with Gasteiger partial charge in [0.05, 0.1) is 11.6 Å². The molecule has 0 radical (unpaired) electrons. The van der Waals surface area contributed by atoms with E-state index < -0.39 is 0 Å². The lowest BCUT2D eigenvalue weighted by atomic mass is 10.1. The Morgan fingerprint density at radius 3 is 2.44 bits per heavy atom. The molecule has 18 heavy (non-hydrogen) atoms. The number of nitriles is 1. The van der Waals surface area contributed by atoms with Crippen molar-refractivity contribution in [1.82, 2.24) is 0 Å². The smallest absolute Gasteiger partial charge is 0.119 e. The molecule has 0 N–H and O–H groups in total. The Morgan fingerprint density at radius 1 is 1.06 bits per heavy atom. The quantitative estimate of drug-likeness (QED) is 0.812. The number of ether oxygens (including phenoxy) is 1. The molecule has 2 nitrogen and oxygen atoms in total. The number of nitrogens with zero attached hydrogens (tertiary/aromatic N) is 1. The Labute approximate surface area is 107 Å². The molecule has 0 aromatic heterocycles. The third-order valence-electron chi connectivity index (χ3n) is 2.79. The second kappa shape index (κ2) is 5.88. The van der Waals surface area contributed by atoms with E-state index in [4.69, 9.17) is 10.00 Å². The molecule has 0 fully saturated rings. The van der Waals surface area contributed by atoms with Crippen LogP contribution in [0.25, 0.3) is 0 Å². The van der Waals surface area contributed by atoms with Crippen LogP contribution in [0.2, 0.25) is 0 Å². The normalized spacial score (nSPS) is 9.78. The van der Waals surface area contributed by atoms with Gasteiger partial charge in [-0.2, -0.15) is 5.26 Å². The van der Waals surface area contributed by atoms with Crippen molar-refractivity contribution in [2.75, 3.05) is 0 Å². The third-order valence-corrected chi connectivity index (χ3v) is 2.79. The first-order valence-electron chi connectivity index (χ1n) is 6.02. The molecule has 2 aromatic carbocycles. The van der Waals surface area contributed by atoms with Crippen molar-refractivity contribution in [3.63, 3.8) is 0 Å². The van der Waals surface area contributed by atoms with Crippen LogP contribution in [0.1, 0.15) is 23.6 Å². The molecule has 0 saturated carbocycles. The second-order valence-electron chi connectivity index (χ2n) is 4.10. The van der Waals surface area contributed by atoms with Crippen LogP contribution >= 0.6 is 0 Å². The van der Waals surface area contributed by atoms with Crippen molar-refractivity contribution in [2.45, 2.75) is 20.0 Å². The fraction of sp³-hybridized carbons (Fsp3) is 0.188. The summed E-state index contributed by atoms with van der Waals surface area (Å²) in [4.78, 5) is 0. The lowest BCUT2D eigenvalue weighted by Crippen LogP contribution is -1.96. The Bertz CT molecular complexity index is 552. The van der Waals surface area contributed by atoms with Crippen LogP contribution in [0, 0.1) is 11.3 Å². The largest absolute Gasteiger partial charge is 0.489 e. The predicted molar refractivity (Wildman–Crippen MR) is 71.3 cm³/mol. The summed E-state index contributed by atoms with van der Waals surface area (Å²) in [7, 11) is 0. The first-order valence-corrected chi connectivity index (χ1v) is 6.02. The molecule has 0 aliphatic rings. The van der Waals surface area contributed by atoms with E-state index in [-0.39, 0.29) is 0 Å². The fourth-order valence-corrected chi connectivity index (χ4v) is 1.73. The van der Waals surface area contributed by atoms with E-state index in [1.54, 1.807) is 12.1 Å². The van der Waals surface area contributed by atoms with Gasteiger partial charge in [0.25, 0.3) is 0 Å². The Kier molecular flexibility index (Phi) is 3.98. The van der Waals surface area contributed by atoms with E-state index in [9.17, 15) is 0 Å². The van der Waals surface area contributed by atoms with Crippen LogP contribution in [0.3, 0.4) is 0 Å². The summed E-state index contributed by atoms with van der Waals surface area (Å²) in [5.41, 5.74) is 3.13. The topological polar surface area (TPSA) is 33.0 Å². The zero-order valence-corrected chi connectivity index (χ0v) is 10.4. The van der Waals surface area contributed by atoms with Crippen molar-refractivity contribution >= 4 is 0 Å². The maximum absolute atomic E-state index is 8.70. The summed E-state index contributed by atoms with van der Waals surface area (Å²) in [6.07, 6.45) is 1.03. The first-order chi connectivity index (χ1) is 8.81. The standard InChI is InChI=1S/C16H15NO/c1-2-13-4-3-5-15(10-13)12-18-16-8-6-14(11-17)7-9-16/h3-10H,2,12H2,1H3. The van der Waals surface area contributed by atoms with Crippen molar-refractivity contribution in [1.29, 1.82) is 5.26 Å². The summed E-state index contributed by atoms with van der Waals surface area (Å²) in [5, 5.41) is 8.70. The van der Waals surface area contributed by atoms with E-state index in [0.717, 1.165) is 12.2 Å². The average molecular weight is 237 g/mol. The van der Waals surface area contributed by atoms with Gasteiger partial charge in [-0.3, -0.25) is 0 Å². The van der Waals surface area contributed by atoms with E-state index in [2.05, 4.69) is 37.3 Å². The van der Waals surface area contributed by atoms with Crippen molar-refractivity contribution < 1.29 is 4.74 Å². The van der Waals surface area contributed by atoms with Gasteiger partial charge in [0.1, 0.15) is 12.4 Å². The number of hydrogen-bond acceptors (Lipinski definition) is 2. The van der Waals surface area contributed by atoms with Crippen LogP contribution in [-0.4, -0.2) is 0 Å². The van der Waals surface area contributed by atoms with Gasteiger partial charge in [-0.15, -0.1) is 0 Å². The molecule has 0 amide bonds. The van der Waals surface area contributed by atoms with Crippen LogP contribution in [0.4, 0.5) is 0 Å². The Hall–Kier alpha value is -2.27. The molecular weight excluding hydrogens is 222 g/mol. The molecule has 2 heteroatoms. The number of aryl methyl sites for hydroxylation is 1. The van der Waals surface area contributed by atoms with Gasteiger partial charge in [-0.05, 0) is 41.8 Å². The van der Waals surface area contributed by atoms with Crippen LogP contribution < -0.4 is 4.74 Å². The van der Waals surface area contributed by atoms with E-state index in [0.29, 0.717) is 12.2 Å². The molecule has 0 bridgehead atoms. The van der Waals surface area contributed by atoms with Gasteiger partial charge >= 0.3 is 0 Å². The lowest BCUT2D eigenvalue weighted by Gasteiger charge is -2.07. The molecule has 0 spiro atoms. The molecule has 0 saturated heterocycles. The predicted octanol–water partition coefficient (Wildman–Crippen LogP) is 3.70. The van der Waals surface area contributed by atoms with Gasteiger partial charge in [-0.25, -0.2) is 0 Å². The van der Waals surface area contributed by atoms with Gasteiger partial charge in [-0.1, -0.05) is 31.2 Å². The third kappa shape index (κ3) is 3.11. The first kappa shape index (κ1) is 12.2. The Morgan fingerprint density at radius 2 is 1.78 bits per heavy atom. The maximum Gasteiger partial charge on any atom is 0.119 e. The van der Waals surface area contributed by atoms with Crippen LogP contribution in [0.5, 0.6) is 5.75 Å². The molecule has 90 valence electrons. The van der Waals surface area contributed by atoms with Crippen molar-refractivity contribution in [3.05, 3.63) is 65.2 Å². The van der Waals surface area contributed by atoms with Gasteiger partial charge in [0.15, 0.2) is 0 Å². The molecule has 2 rings (SSSR count). The minimum atomic E-state index is 0.555. The highest BCUT2D eigenvalue weighted by molar-refractivity contribution is 5.34. The highest BCUT2D eigenvalue weighted by atomic mass is 16.5. The zero-order chi connectivity index (χ0) is 12.8. The van der Waals surface area contributed by atoms with Crippen molar-refractivity contribution in [2.24, 2.45) is 0 Å². The molecule has 0 atom stereocenters. The van der Waals surface area contributed by atoms with E-state index in [1.807, 2.05) is 12.1 Å². The molecule has 2 aromatic rings. The van der Waals surface area contributed by atoms with Crippen LogP contribution in [-0.2, 0) is 13.0 Å². The number of benzene rings is 2. The molecular formula is C16H15NO. The number of hydrogen-bond donors (Lipinski definition) is 0. The van der Waals surface area contributed by atoms with Gasteiger partial charge in [0, 0.05) is 0 Å². The minimum absolute atomic E-state index is 0.555. The monoisotopic (exact) mass is 237 g/mol. The van der Waals surface area contributed by atoms with Gasteiger partial charge in [0.2, 0.25) is 0 Å². The van der Waals surface area contributed by atoms with Gasteiger partial charge < -0.3 is 4.74 Å². The Balaban J connectivity index is 2.00. The summed E-state index contributed by atoms with van der Waals surface area (Å²) in [6, 6.07) is 17.6. The summed E-state index contributed by atoms with van der Waals surface area (Å²) in [5.74, 6) is 0.788. The van der Waals surface area contributed by atoms with E-state index in [1.165, 1.54) is 11.1 Å². The van der Waals surface area contributed by atoms with E-state index >= 15 is 0 Å². The molecule has 0 unspecified atom stereocenters. The fourth-order valence-electron chi connectivity index (χ4n) is 1.73. The lowest BCUT2D eigenvalue weighted by molar-refractivity contribution is 0.306. The van der Waals surface area contributed by atoms with Crippen LogP contribution in [0.15, 0.2) is 48.5 Å². The number of rotatable bonds is 4. The maximum atomic E-state index is 8.70. The highest BCUT2D eigenvalue weighted by Crippen LogP contribution is 2.14. The minimum Gasteiger partial charge on any atom is -0.489 e. The summed E-state index contributed by atoms with van der Waals surface area (Å²) >= 11 is 0. The highest BCUT2D eigenvalue weighted by Gasteiger charge is 1.98. The average Bonchev–Trinajstić information content (AvgIpc) is 2.46. The second-order valence-corrected chi connectivity index (χ2v) is 4.10. The summed E-state index contributed by atoms with van der Waals surface area (Å²) < 4.78 is 5.68. The SMILES string of the molecule is CCc1cccc(COc2ccc(C#N)cc2)c1. The van der Waals surface area contributed by atoms with Crippen molar-refractivity contribution in [3.8, 4) is 11.8 Å². The molecule has 0 aliphatic carbocycles. The molecule has 0 heterocycles. The zero-order valence-electron chi connectivity index (χ0n) is 10.4. The molecule has 0 aliphatic heterocycles.